The minimum atomic E-state index is 0.446. The molecule has 6 heteroatoms. The zero-order valence-corrected chi connectivity index (χ0v) is 11.8. The predicted molar refractivity (Wildman–Crippen MR) is 84.5 cm³/mol. The summed E-state index contributed by atoms with van der Waals surface area (Å²) < 4.78 is 0. The van der Waals surface area contributed by atoms with Gasteiger partial charge >= 0.3 is 0 Å². The number of benzene rings is 1. The molecular formula is C12H16N4S2. The van der Waals surface area contributed by atoms with E-state index in [1.165, 1.54) is 5.56 Å². The molecule has 0 fully saturated rings. The van der Waals surface area contributed by atoms with Gasteiger partial charge in [-0.3, -0.25) is 10.9 Å². The molecule has 4 nitrogen and oxygen atoms in total. The quantitative estimate of drug-likeness (QED) is 0.385. The summed E-state index contributed by atoms with van der Waals surface area (Å²) in [7, 11) is 0. The Kier molecular flexibility index (Phi) is 6.10. The molecule has 0 heterocycles. The van der Waals surface area contributed by atoms with E-state index in [1.54, 1.807) is 6.08 Å². The Labute approximate surface area is 118 Å². The van der Waals surface area contributed by atoms with Crippen LogP contribution in [0.2, 0.25) is 0 Å². The number of nitrogens with one attached hydrogen (secondary N) is 4. The highest BCUT2D eigenvalue weighted by molar-refractivity contribution is 7.80. The van der Waals surface area contributed by atoms with Crippen molar-refractivity contribution in [1.82, 2.24) is 16.2 Å². The van der Waals surface area contributed by atoms with Crippen molar-refractivity contribution >= 4 is 40.3 Å². The molecule has 0 aliphatic carbocycles. The van der Waals surface area contributed by atoms with Gasteiger partial charge in [-0.25, -0.2) is 0 Å². The number of anilines is 1. The Morgan fingerprint density at radius 2 is 1.78 bits per heavy atom. The maximum atomic E-state index is 5.11. The van der Waals surface area contributed by atoms with Crippen LogP contribution in [0.1, 0.15) is 5.56 Å². The fourth-order valence-corrected chi connectivity index (χ4v) is 1.43. The molecule has 0 aliphatic heterocycles. The lowest BCUT2D eigenvalue weighted by Crippen LogP contribution is -2.48. The zero-order valence-electron chi connectivity index (χ0n) is 10.1. The van der Waals surface area contributed by atoms with Crippen LogP contribution in [0.25, 0.3) is 0 Å². The van der Waals surface area contributed by atoms with Gasteiger partial charge < -0.3 is 10.6 Å². The molecule has 18 heavy (non-hydrogen) atoms. The maximum Gasteiger partial charge on any atom is 0.189 e. The summed E-state index contributed by atoms with van der Waals surface area (Å²) in [5.41, 5.74) is 7.68. The molecule has 0 bridgehead atoms. The van der Waals surface area contributed by atoms with Crippen LogP contribution in [0.3, 0.4) is 0 Å². The minimum absolute atomic E-state index is 0.446. The molecule has 0 aromatic heterocycles. The van der Waals surface area contributed by atoms with Crippen molar-refractivity contribution in [3.05, 3.63) is 42.5 Å². The van der Waals surface area contributed by atoms with Crippen molar-refractivity contribution in [1.29, 1.82) is 0 Å². The van der Waals surface area contributed by atoms with Gasteiger partial charge in [0.25, 0.3) is 0 Å². The van der Waals surface area contributed by atoms with Crippen LogP contribution in [0, 0.1) is 6.92 Å². The summed E-state index contributed by atoms with van der Waals surface area (Å²) in [5, 5.41) is 6.85. The Morgan fingerprint density at radius 3 is 2.39 bits per heavy atom. The van der Waals surface area contributed by atoms with Crippen LogP contribution in [0.4, 0.5) is 5.69 Å². The Morgan fingerprint density at radius 1 is 1.17 bits per heavy atom. The molecule has 0 atom stereocenters. The lowest BCUT2D eigenvalue weighted by atomic mass is 10.2. The second-order valence-electron chi connectivity index (χ2n) is 3.57. The Hall–Kier alpha value is -1.66. The van der Waals surface area contributed by atoms with E-state index >= 15 is 0 Å². The average molecular weight is 280 g/mol. The molecule has 0 aliphatic rings. The van der Waals surface area contributed by atoms with Crippen LogP contribution in [0.5, 0.6) is 0 Å². The van der Waals surface area contributed by atoms with E-state index in [2.05, 4.69) is 28.1 Å². The summed E-state index contributed by atoms with van der Waals surface area (Å²) in [6.45, 7) is 6.22. The first-order chi connectivity index (χ1) is 8.61. The van der Waals surface area contributed by atoms with Crippen molar-refractivity contribution in [3.63, 3.8) is 0 Å². The highest BCUT2D eigenvalue weighted by Gasteiger charge is 1.97. The van der Waals surface area contributed by atoms with Gasteiger partial charge in [0, 0.05) is 12.2 Å². The zero-order chi connectivity index (χ0) is 13.4. The number of hydrogen-bond donors (Lipinski definition) is 4. The molecule has 0 spiro atoms. The van der Waals surface area contributed by atoms with Crippen molar-refractivity contribution < 1.29 is 0 Å². The number of thiocarbonyl (C=S) groups is 2. The highest BCUT2D eigenvalue weighted by atomic mass is 32.1. The molecule has 0 saturated carbocycles. The normalized spacial score (nSPS) is 9.17. The van der Waals surface area contributed by atoms with Crippen molar-refractivity contribution in [3.8, 4) is 0 Å². The smallest absolute Gasteiger partial charge is 0.189 e. The number of aryl methyl sites for hydroxylation is 1. The number of rotatable bonds is 3. The third kappa shape index (κ3) is 5.60. The fraction of sp³-hybridized carbons (Fsp3) is 0.167. The van der Waals surface area contributed by atoms with Gasteiger partial charge in [-0.15, -0.1) is 6.58 Å². The van der Waals surface area contributed by atoms with Gasteiger partial charge in [0.1, 0.15) is 0 Å². The third-order valence-corrected chi connectivity index (χ3v) is 2.46. The molecule has 96 valence electrons. The SMILES string of the molecule is C=CCNC(=S)NNC(=S)Nc1ccc(C)cc1. The van der Waals surface area contributed by atoms with E-state index in [4.69, 9.17) is 24.4 Å². The second kappa shape index (κ2) is 7.62. The lowest BCUT2D eigenvalue weighted by Gasteiger charge is -2.13. The fourth-order valence-electron chi connectivity index (χ4n) is 1.12. The molecule has 1 aromatic carbocycles. The Bertz CT molecular complexity index is 428. The van der Waals surface area contributed by atoms with Gasteiger partial charge in [0.05, 0.1) is 0 Å². The van der Waals surface area contributed by atoms with Crippen LogP contribution >= 0.6 is 24.4 Å². The molecule has 0 unspecified atom stereocenters. The number of hydrazine groups is 1. The predicted octanol–water partition coefficient (Wildman–Crippen LogP) is 1.85. The van der Waals surface area contributed by atoms with Crippen LogP contribution < -0.4 is 21.5 Å². The van der Waals surface area contributed by atoms with E-state index in [-0.39, 0.29) is 0 Å². The summed E-state index contributed by atoms with van der Waals surface area (Å²) in [4.78, 5) is 0. The van der Waals surface area contributed by atoms with E-state index in [9.17, 15) is 0 Å². The molecular weight excluding hydrogens is 264 g/mol. The van der Waals surface area contributed by atoms with Gasteiger partial charge in [-0.05, 0) is 43.5 Å². The molecule has 1 rings (SSSR count). The minimum Gasteiger partial charge on any atom is -0.358 e. The first-order valence-electron chi connectivity index (χ1n) is 5.40. The number of hydrogen-bond acceptors (Lipinski definition) is 2. The van der Waals surface area contributed by atoms with Gasteiger partial charge in [-0.1, -0.05) is 23.8 Å². The molecule has 4 N–H and O–H groups in total. The summed E-state index contributed by atoms with van der Waals surface area (Å²) in [6, 6.07) is 7.93. The summed E-state index contributed by atoms with van der Waals surface area (Å²) in [6.07, 6.45) is 1.72. The monoisotopic (exact) mass is 280 g/mol. The first-order valence-corrected chi connectivity index (χ1v) is 6.22. The van der Waals surface area contributed by atoms with E-state index < -0.39 is 0 Å². The maximum absolute atomic E-state index is 5.11. The van der Waals surface area contributed by atoms with Crippen LogP contribution in [-0.2, 0) is 0 Å². The van der Waals surface area contributed by atoms with Gasteiger partial charge in [0.2, 0.25) is 0 Å². The van der Waals surface area contributed by atoms with E-state index in [1.807, 2.05) is 31.2 Å². The highest BCUT2D eigenvalue weighted by Crippen LogP contribution is 2.07. The lowest BCUT2D eigenvalue weighted by molar-refractivity contribution is 0.839. The second-order valence-corrected chi connectivity index (χ2v) is 4.39. The standard InChI is InChI=1S/C12H16N4S2/c1-3-8-13-11(17)15-16-12(18)14-10-6-4-9(2)5-7-10/h3-7H,1,8H2,2H3,(H2,13,15,17)(H2,14,16,18). The van der Waals surface area contributed by atoms with Crippen LogP contribution in [-0.4, -0.2) is 16.8 Å². The van der Waals surface area contributed by atoms with Crippen LogP contribution in [0.15, 0.2) is 36.9 Å². The molecule has 1 aromatic rings. The van der Waals surface area contributed by atoms with E-state index in [0.717, 1.165) is 5.69 Å². The van der Waals surface area contributed by atoms with Gasteiger partial charge in [0.15, 0.2) is 10.2 Å². The van der Waals surface area contributed by atoms with Gasteiger partial charge in [-0.2, -0.15) is 0 Å². The largest absolute Gasteiger partial charge is 0.358 e. The van der Waals surface area contributed by atoms with Crippen molar-refractivity contribution in [2.24, 2.45) is 0 Å². The summed E-state index contributed by atoms with van der Waals surface area (Å²) >= 11 is 10.1. The van der Waals surface area contributed by atoms with Crippen molar-refractivity contribution in [2.75, 3.05) is 11.9 Å². The average Bonchev–Trinajstić information content (AvgIpc) is 2.36. The topological polar surface area (TPSA) is 48.1 Å². The first kappa shape index (κ1) is 14.4. The third-order valence-electron chi connectivity index (χ3n) is 2.01. The van der Waals surface area contributed by atoms with Crippen molar-refractivity contribution in [2.45, 2.75) is 6.92 Å². The van der Waals surface area contributed by atoms with E-state index in [0.29, 0.717) is 16.8 Å². The Balaban J connectivity index is 2.31. The summed E-state index contributed by atoms with van der Waals surface area (Å²) in [5.74, 6) is 0. The molecule has 0 saturated heterocycles. The molecule has 0 amide bonds. The molecule has 0 radical (unpaired) electrons.